The van der Waals surface area contributed by atoms with E-state index in [2.05, 4.69) is 20.7 Å². The van der Waals surface area contributed by atoms with Crippen LogP contribution in [0.4, 0.5) is 9.52 Å². The molecule has 2 aromatic heterocycles. The van der Waals surface area contributed by atoms with E-state index < -0.39 is 11.7 Å². The van der Waals surface area contributed by atoms with Gasteiger partial charge in [0.1, 0.15) is 11.3 Å². The van der Waals surface area contributed by atoms with E-state index in [4.69, 9.17) is 4.52 Å². The summed E-state index contributed by atoms with van der Waals surface area (Å²) in [5.74, 6) is -0.791. The molecule has 24 heavy (non-hydrogen) atoms. The Morgan fingerprint density at radius 1 is 1.08 bits per heavy atom. The lowest BCUT2D eigenvalue weighted by molar-refractivity contribution is 0.0990. The Balaban J connectivity index is 1.60. The van der Waals surface area contributed by atoms with Crippen molar-refractivity contribution in [2.24, 2.45) is 0 Å². The van der Waals surface area contributed by atoms with E-state index in [0.29, 0.717) is 21.5 Å². The molecule has 0 spiro atoms. The van der Waals surface area contributed by atoms with Gasteiger partial charge in [-0.15, -0.1) is 10.2 Å². The number of nitrogens with one attached hydrogen (secondary N) is 1. The Labute approximate surface area is 138 Å². The normalized spacial score (nSPS) is 10.9. The first-order valence-electron chi connectivity index (χ1n) is 6.96. The zero-order valence-corrected chi connectivity index (χ0v) is 12.9. The Morgan fingerprint density at radius 3 is 2.75 bits per heavy atom. The average Bonchev–Trinajstić information content (AvgIpc) is 3.22. The molecule has 6 nitrogen and oxygen atoms in total. The minimum absolute atomic E-state index is 0.0910. The molecule has 0 aliphatic heterocycles. The van der Waals surface area contributed by atoms with Gasteiger partial charge in [-0.05, 0) is 24.3 Å². The molecule has 4 aromatic rings. The van der Waals surface area contributed by atoms with Crippen LogP contribution in [0.5, 0.6) is 0 Å². The molecule has 0 aliphatic carbocycles. The minimum Gasteiger partial charge on any atom is -0.350 e. The van der Waals surface area contributed by atoms with Crippen molar-refractivity contribution < 1.29 is 13.7 Å². The lowest BCUT2D eigenvalue weighted by Crippen LogP contribution is -2.11. The van der Waals surface area contributed by atoms with Crippen LogP contribution >= 0.6 is 11.3 Å². The predicted octanol–water partition coefficient (Wildman–Crippen LogP) is 3.74. The maximum atomic E-state index is 13.8. The van der Waals surface area contributed by atoms with Crippen LogP contribution in [0.1, 0.15) is 10.6 Å². The van der Waals surface area contributed by atoms with Gasteiger partial charge in [0, 0.05) is 5.56 Å². The van der Waals surface area contributed by atoms with E-state index in [1.807, 2.05) is 0 Å². The first-order chi connectivity index (χ1) is 11.7. The predicted molar refractivity (Wildman–Crippen MR) is 87.3 cm³/mol. The van der Waals surface area contributed by atoms with E-state index in [0.717, 1.165) is 11.3 Å². The third-order valence-corrected chi connectivity index (χ3v) is 4.21. The molecule has 1 N–H and O–H groups in total. The van der Waals surface area contributed by atoms with Gasteiger partial charge < -0.3 is 4.52 Å². The second-order valence-electron chi connectivity index (χ2n) is 4.88. The molecule has 4 rings (SSSR count). The molecular formula is C16H9FN4O2S. The van der Waals surface area contributed by atoms with Crippen LogP contribution in [0.25, 0.3) is 21.5 Å². The van der Waals surface area contributed by atoms with Gasteiger partial charge in [-0.1, -0.05) is 40.8 Å². The van der Waals surface area contributed by atoms with Crippen LogP contribution in [-0.2, 0) is 0 Å². The largest absolute Gasteiger partial charge is 0.350 e. The Morgan fingerprint density at radius 2 is 1.88 bits per heavy atom. The van der Waals surface area contributed by atoms with Crippen molar-refractivity contribution in [1.29, 1.82) is 0 Å². The third-order valence-electron chi connectivity index (χ3n) is 3.34. The number of aromatic nitrogens is 3. The van der Waals surface area contributed by atoms with Crippen molar-refractivity contribution in [2.45, 2.75) is 0 Å². The van der Waals surface area contributed by atoms with Crippen molar-refractivity contribution in [3.05, 3.63) is 60.1 Å². The number of amides is 1. The summed E-state index contributed by atoms with van der Waals surface area (Å²) < 4.78 is 18.9. The summed E-state index contributed by atoms with van der Waals surface area (Å²) in [6.45, 7) is 0. The van der Waals surface area contributed by atoms with Gasteiger partial charge in [0.15, 0.2) is 5.01 Å². The number of rotatable bonds is 3. The van der Waals surface area contributed by atoms with E-state index in [9.17, 15) is 9.18 Å². The number of fused-ring (bicyclic) bond motifs is 1. The van der Waals surface area contributed by atoms with Gasteiger partial charge >= 0.3 is 0 Å². The van der Waals surface area contributed by atoms with Crippen LogP contribution in [0.3, 0.4) is 0 Å². The lowest BCUT2D eigenvalue weighted by Gasteiger charge is -1.97. The first kappa shape index (κ1) is 14.5. The van der Waals surface area contributed by atoms with E-state index in [1.165, 1.54) is 6.07 Å². The van der Waals surface area contributed by atoms with Gasteiger partial charge in [0.2, 0.25) is 10.9 Å². The quantitative estimate of drug-likeness (QED) is 0.614. The number of carbonyl (C=O) groups excluding carboxylic acids is 1. The van der Waals surface area contributed by atoms with Crippen molar-refractivity contribution in [2.75, 3.05) is 5.32 Å². The van der Waals surface area contributed by atoms with Gasteiger partial charge in [-0.25, -0.2) is 4.39 Å². The maximum absolute atomic E-state index is 13.8. The van der Waals surface area contributed by atoms with Gasteiger partial charge in [0.25, 0.3) is 5.91 Å². The van der Waals surface area contributed by atoms with Gasteiger partial charge in [-0.3, -0.25) is 10.1 Å². The summed E-state index contributed by atoms with van der Waals surface area (Å²) in [5.41, 5.74) is 0.924. The number of halogens is 1. The van der Waals surface area contributed by atoms with Crippen molar-refractivity contribution in [1.82, 2.24) is 15.4 Å². The molecule has 0 atom stereocenters. The molecule has 0 saturated carbocycles. The minimum atomic E-state index is -0.486. The fraction of sp³-hybridized carbons (Fsp3) is 0. The molecule has 1 amide bonds. The zero-order valence-electron chi connectivity index (χ0n) is 12.1. The van der Waals surface area contributed by atoms with Crippen LogP contribution < -0.4 is 5.32 Å². The molecule has 2 heterocycles. The zero-order chi connectivity index (χ0) is 16.5. The van der Waals surface area contributed by atoms with Gasteiger partial charge in [-0.2, -0.15) is 0 Å². The number of nitrogens with zero attached hydrogens (tertiary/aromatic N) is 3. The summed E-state index contributed by atoms with van der Waals surface area (Å²) in [7, 11) is 0. The highest BCUT2D eigenvalue weighted by atomic mass is 32.1. The number of hydrogen-bond acceptors (Lipinski definition) is 6. The first-order valence-corrected chi connectivity index (χ1v) is 7.78. The molecule has 8 heteroatoms. The molecule has 0 unspecified atom stereocenters. The van der Waals surface area contributed by atoms with Crippen LogP contribution in [0.15, 0.2) is 53.1 Å². The SMILES string of the molecule is O=C(Nc1nnc(-c2ccccc2F)s1)c1onc2ccccc12. The number of carbonyl (C=O) groups is 1. The summed E-state index contributed by atoms with van der Waals surface area (Å²) >= 11 is 1.07. The highest BCUT2D eigenvalue weighted by Crippen LogP contribution is 2.28. The summed E-state index contributed by atoms with van der Waals surface area (Å²) in [6.07, 6.45) is 0. The van der Waals surface area contributed by atoms with Gasteiger partial charge in [0.05, 0.1) is 5.39 Å². The number of anilines is 1. The molecule has 0 saturated heterocycles. The molecule has 0 fully saturated rings. The highest BCUT2D eigenvalue weighted by Gasteiger charge is 2.19. The summed E-state index contributed by atoms with van der Waals surface area (Å²) in [5, 5.41) is 15.4. The standard InChI is InChI=1S/C16H9FN4O2S/c17-11-7-3-1-5-9(11)15-19-20-16(24-15)18-14(22)13-10-6-2-4-8-12(10)21-23-13/h1-8H,(H,18,20,22). The van der Waals surface area contributed by atoms with Crippen molar-refractivity contribution in [3.63, 3.8) is 0 Å². The lowest BCUT2D eigenvalue weighted by atomic mass is 10.2. The van der Waals surface area contributed by atoms with Crippen molar-refractivity contribution in [3.8, 4) is 10.6 Å². The number of benzene rings is 2. The summed E-state index contributed by atoms with van der Waals surface area (Å²) in [4.78, 5) is 12.3. The average molecular weight is 340 g/mol. The van der Waals surface area contributed by atoms with E-state index >= 15 is 0 Å². The van der Waals surface area contributed by atoms with E-state index in [1.54, 1.807) is 42.5 Å². The molecule has 0 bridgehead atoms. The second kappa shape index (κ2) is 5.82. The van der Waals surface area contributed by atoms with Crippen molar-refractivity contribution >= 4 is 33.3 Å². The number of hydrogen-bond donors (Lipinski definition) is 1. The van der Waals surface area contributed by atoms with Crippen LogP contribution in [0.2, 0.25) is 0 Å². The molecule has 0 aliphatic rings. The molecule has 118 valence electrons. The highest BCUT2D eigenvalue weighted by molar-refractivity contribution is 7.18. The fourth-order valence-electron chi connectivity index (χ4n) is 2.22. The molecular weight excluding hydrogens is 331 g/mol. The smallest absolute Gasteiger partial charge is 0.296 e. The summed E-state index contributed by atoms with van der Waals surface area (Å²) in [6, 6.07) is 13.3. The third kappa shape index (κ3) is 2.52. The fourth-order valence-corrected chi connectivity index (χ4v) is 2.99. The van der Waals surface area contributed by atoms with E-state index in [-0.39, 0.29) is 10.9 Å². The molecule has 0 radical (unpaired) electrons. The maximum Gasteiger partial charge on any atom is 0.296 e. The molecule has 2 aromatic carbocycles. The van der Waals surface area contributed by atoms with Crippen LogP contribution in [0, 0.1) is 5.82 Å². The topological polar surface area (TPSA) is 80.9 Å². The Hall–Kier alpha value is -3.13. The Kier molecular flexibility index (Phi) is 3.51. The van der Waals surface area contributed by atoms with Crippen LogP contribution in [-0.4, -0.2) is 21.3 Å². The Bertz CT molecular complexity index is 1040. The monoisotopic (exact) mass is 340 g/mol. The second-order valence-corrected chi connectivity index (χ2v) is 5.85.